The molecule has 0 aromatic carbocycles. The van der Waals surface area contributed by atoms with Crippen LogP contribution in [0.2, 0.25) is 0 Å². The fraction of sp³-hybridized carbons (Fsp3) is 1.00. The number of thioether (sulfide) groups is 1. The van der Waals surface area contributed by atoms with Crippen molar-refractivity contribution < 1.29 is 23.0 Å². The Hall–Kier alpha value is 0.0600. The second-order valence-electron chi connectivity index (χ2n) is 2.92. The van der Waals surface area contributed by atoms with Crippen LogP contribution in [-0.4, -0.2) is 42.6 Å². The molecule has 0 fully saturated rings. The lowest BCUT2D eigenvalue weighted by Gasteiger charge is -2.10. The highest BCUT2D eigenvalue weighted by molar-refractivity contribution is 7.98. The summed E-state index contributed by atoms with van der Waals surface area (Å²) in [7, 11) is 0. The first-order chi connectivity index (χ1) is 6.45. The molecule has 1 atom stereocenters. The summed E-state index contributed by atoms with van der Waals surface area (Å²) in [6, 6.07) is 0. The van der Waals surface area contributed by atoms with E-state index in [1.807, 2.05) is 6.26 Å². The number of alkyl halides is 3. The van der Waals surface area contributed by atoms with Crippen LogP contribution in [0.1, 0.15) is 12.8 Å². The van der Waals surface area contributed by atoms with Gasteiger partial charge in [0.15, 0.2) is 0 Å². The van der Waals surface area contributed by atoms with Gasteiger partial charge in [0.25, 0.3) is 0 Å². The topological polar surface area (TPSA) is 29.5 Å². The summed E-state index contributed by atoms with van der Waals surface area (Å²) < 4.78 is 39.1. The molecule has 2 nitrogen and oxygen atoms in total. The van der Waals surface area contributed by atoms with Crippen molar-refractivity contribution in [2.45, 2.75) is 25.1 Å². The molecule has 1 unspecified atom stereocenters. The molecule has 0 heterocycles. The average molecular weight is 232 g/mol. The number of aliphatic hydroxyl groups is 1. The molecule has 0 saturated carbocycles. The highest BCUT2D eigenvalue weighted by Gasteiger charge is 2.27. The largest absolute Gasteiger partial charge is 0.411 e. The van der Waals surface area contributed by atoms with E-state index in [1.54, 1.807) is 0 Å². The number of hydrogen-bond acceptors (Lipinski definition) is 3. The molecule has 0 rings (SSSR count). The van der Waals surface area contributed by atoms with Crippen LogP contribution in [-0.2, 0) is 4.74 Å². The molecular weight excluding hydrogens is 217 g/mol. The van der Waals surface area contributed by atoms with Crippen molar-refractivity contribution in [3.05, 3.63) is 0 Å². The normalized spacial score (nSPS) is 14.4. The Labute approximate surface area is 85.8 Å². The van der Waals surface area contributed by atoms with Gasteiger partial charge in [-0.15, -0.1) is 0 Å². The van der Waals surface area contributed by atoms with Crippen molar-refractivity contribution in [3.63, 3.8) is 0 Å². The lowest BCUT2D eigenvalue weighted by atomic mass is 10.2. The molecule has 0 aromatic heterocycles. The Kier molecular flexibility index (Phi) is 7.40. The quantitative estimate of drug-likeness (QED) is 0.681. The van der Waals surface area contributed by atoms with Gasteiger partial charge in [0.05, 0.1) is 6.10 Å². The summed E-state index contributed by atoms with van der Waals surface area (Å²) >= 11 is 1.51. The summed E-state index contributed by atoms with van der Waals surface area (Å²) in [5.74, 6) is 0.610. The maximum atomic E-state index is 11.6. The van der Waals surface area contributed by atoms with E-state index in [2.05, 4.69) is 4.74 Å². The molecule has 1 N–H and O–H groups in total. The molecule has 0 aliphatic rings. The molecular formula is C8H15F3O2S. The van der Waals surface area contributed by atoms with E-state index in [0.29, 0.717) is 18.6 Å². The number of hydrogen-bond donors (Lipinski definition) is 1. The van der Waals surface area contributed by atoms with E-state index in [0.717, 1.165) is 0 Å². The van der Waals surface area contributed by atoms with E-state index < -0.39 is 18.9 Å². The van der Waals surface area contributed by atoms with E-state index in [1.165, 1.54) is 11.8 Å². The molecule has 0 spiro atoms. The Bertz CT molecular complexity index is 141. The van der Waals surface area contributed by atoms with E-state index in [9.17, 15) is 18.3 Å². The molecule has 14 heavy (non-hydrogen) atoms. The van der Waals surface area contributed by atoms with Gasteiger partial charge in [-0.1, -0.05) is 0 Å². The summed E-state index contributed by atoms with van der Waals surface area (Å²) in [5, 5.41) is 9.21. The fourth-order valence-corrected chi connectivity index (χ4v) is 1.44. The highest BCUT2D eigenvalue weighted by Crippen LogP contribution is 2.14. The van der Waals surface area contributed by atoms with Gasteiger partial charge < -0.3 is 9.84 Å². The minimum atomic E-state index is -4.25. The predicted molar refractivity (Wildman–Crippen MR) is 50.5 cm³/mol. The van der Waals surface area contributed by atoms with Crippen molar-refractivity contribution in [2.75, 3.05) is 25.2 Å². The molecule has 0 saturated heterocycles. The Balaban J connectivity index is 3.21. The van der Waals surface area contributed by atoms with Gasteiger partial charge in [-0.3, -0.25) is 0 Å². The minimum Gasteiger partial charge on any atom is -0.392 e. The molecule has 6 heteroatoms. The average Bonchev–Trinajstić information content (AvgIpc) is 2.02. The van der Waals surface area contributed by atoms with Gasteiger partial charge >= 0.3 is 6.18 Å². The molecule has 0 aliphatic carbocycles. The van der Waals surface area contributed by atoms with Crippen LogP contribution in [0.4, 0.5) is 13.2 Å². The second kappa shape index (κ2) is 7.36. The minimum absolute atomic E-state index is 0.0466. The second-order valence-corrected chi connectivity index (χ2v) is 3.83. The van der Waals surface area contributed by atoms with Crippen LogP contribution in [0, 0.1) is 0 Å². The van der Waals surface area contributed by atoms with Gasteiger partial charge in [0.2, 0.25) is 0 Å². The summed E-state index contributed by atoms with van der Waals surface area (Å²) in [4.78, 5) is 0. The zero-order chi connectivity index (χ0) is 11.0. The van der Waals surface area contributed by atoms with Gasteiger partial charge in [-0.2, -0.15) is 24.9 Å². The van der Waals surface area contributed by atoms with Crippen molar-refractivity contribution in [3.8, 4) is 0 Å². The van der Waals surface area contributed by atoms with Crippen molar-refractivity contribution >= 4 is 11.8 Å². The van der Waals surface area contributed by atoms with Crippen LogP contribution in [0.5, 0.6) is 0 Å². The number of rotatable bonds is 7. The Morgan fingerprint density at radius 1 is 1.43 bits per heavy atom. The fourth-order valence-electron chi connectivity index (χ4n) is 0.885. The lowest BCUT2D eigenvalue weighted by molar-refractivity contribution is -0.174. The van der Waals surface area contributed by atoms with E-state index >= 15 is 0 Å². The monoisotopic (exact) mass is 232 g/mol. The summed E-state index contributed by atoms with van der Waals surface area (Å²) in [6.07, 6.45) is -1.89. The smallest absolute Gasteiger partial charge is 0.392 e. The molecule has 0 aliphatic heterocycles. The maximum absolute atomic E-state index is 11.6. The predicted octanol–water partition coefficient (Wildman–Crippen LogP) is 2.07. The Morgan fingerprint density at radius 3 is 2.57 bits per heavy atom. The van der Waals surface area contributed by atoms with Crippen molar-refractivity contribution in [1.29, 1.82) is 0 Å². The lowest BCUT2D eigenvalue weighted by Crippen LogP contribution is -2.18. The van der Waals surface area contributed by atoms with Crippen LogP contribution < -0.4 is 0 Å². The Morgan fingerprint density at radius 2 is 2.07 bits per heavy atom. The first-order valence-corrected chi connectivity index (χ1v) is 5.66. The number of aliphatic hydroxyl groups excluding tert-OH is 1. The third-order valence-electron chi connectivity index (χ3n) is 1.45. The molecule has 0 radical (unpaired) electrons. The van der Waals surface area contributed by atoms with Crippen LogP contribution in [0.15, 0.2) is 0 Å². The van der Waals surface area contributed by atoms with Gasteiger partial charge in [-0.05, 0) is 19.1 Å². The van der Waals surface area contributed by atoms with Crippen LogP contribution >= 0.6 is 11.8 Å². The molecule has 0 aromatic rings. The highest BCUT2D eigenvalue weighted by atomic mass is 32.2. The van der Waals surface area contributed by atoms with Crippen LogP contribution in [0.25, 0.3) is 0 Å². The molecule has 0 bridgehead atoms. The zero-order valence-electron chi connectivity index (χ0n) is 8.01. The summed E-state index contributed by atoms with van der Waals surface area (Å²) in [5.41, 5.74) is 0. The van der Waals surface area contributed by atoms with E-state index in [4.69, 9.17) is 0 Å². The first kappa shape index (κ1) is 14.1. The third-order valence-corrected chi connectivity index (χ3v) is 2.17. The van der Waals surface area contributed by atoms with Crippen molar-refractivity contribution in [1.82, 2.24) is 0 Å². The SMILES string of the molecule is CSCC(O)CCCOCC(F)(F)F. The van der Waals surface area contributed by atoms with Gasteiger partial charge in [0, 0.05) is 12.4 Å². The van der Waals surface area contributed by atoms with Gasteiger partial charge in [-0.25, -0.2) is 0 Å². The van der Waals surface area contributed by atoms with Gasteiger partial charge in [0.1, 0.15) is 6.61 Å². The standard InChI is InChI=1S/C8H15F3O2S/c1-14-5-7(12)3-2-4-13-6-8(9,10)11/h7,12H,2-6H2,1H3. The first-order valence-electron chi connectivity index (χ1n) is 4.27. The third kappa shape index (κ3) is 10.1. The number of halogens is 3. The zero-order valence-corrected chi connectivity index (χ0v) is 8.83. The number of ether oxygens (including phenoxy) is 1. The molecule has 0 amide bonds. The maximum Gasteiger partial charge on any atom is 0.411 e. The summed E-state index contributed by atoms with van der Waals surface area (Å²) in [6.45, 7) is -1.16. The van der Waals surface area contributed by atoms with E-state index in [-0.39, 0.29) is 6.61 Å². The van der Waals surface area contributed by atoms with Crippen LogP contribution in [0.3, 0.4) is 0 Å². The molecule has 86 valence electrons. The van der Waals surface area contributed by atoms with Crippen molar-refractivity contribution in [2.24, 2.45) is 0 Å².